The summed E-state index contributed by atoms with van der Waals surface area (Å²) < 4.78 is 0. The average molecular weight is 496 g/mol. The number of benzene rings is 2. The van der Waals surface area contributed by atoms with E-state index in [-0.39, 0.29) is 16.9 Å². The van der Waals surface area contributed by atoms with Crippen LogP contribution < -0.4 is 15.5 Å². The van der Waals surface area contributed by atoms with E-state index in [4.69, 9.17) is 12.2 Å². The number of nitrogens with zero attached hydrogens (tertiary/aromatic N) is 1. The summed E-state index contributed by atoms with van der Waals surface area (Å²) in [6.07, 6.45) is 14.3. The maximum atomic E-state index is 12.7. The second kappa shape index (κ2) is 16.8. The Morgan fingerprint density at radius 1 is 0.771 bits per heavy atom. The summed E-state index contributed by atoms with van der Waals surface area (Å²) in [7, 11) is 1.75. The van der Waals surface area contributed by atoms with Gasteiger partial charge < -0.3 is 15.5 Å². The third-order valence-corrected chi connectivity index (χ3v) is 6.30. The van der Waals surface area contributed by atoms with Gasteiger partial charge in [0.2, 0.25) is 5.91 Å². The topological polar surface area (TPSA) is 61.4 Å². The fourth-order valence-corrected chi connectivity index (χ4v) is 4.19. The van der Waals surface area contributed by atoms with Gasteiger partial charge >= 0.3 is 0 Å². The molecule has 2 amide bonds. The van der Waals surface area contributed by atoms with Crippen LogP contribution in [0.5, 0.6) is 0 Å². The van der Waals surface area contributed by atoms with Gasteiger partial charge in [-0.2, -0.15) is 0 Å². The van der Waals surface area contributed by atoms with Crippen LogP contribution in [0.15, 0.2) is 54.6 Å². The van der Waals surface area contributed by atoms with E-state index in [2.05, 4.69) is 17.6 Å². The Hall–Kier alpha value is -2.73. The van der Waals surface area contributed by atoms with E-state index in [1.165, 1.54) is 57.8 Å². The van der Waals surface area contributed by atoms with Gasteiger partial charge in [0.15, 0.2) is 5.11 Å². The fourth-order valence-electron chi connectivity index (χ4n) is 3.96. The Balaban J connectivity index is 1.60. The van der Waals surface area contributed by atoms with Crippen molar-refractivity contribution in [3.8, 4) is 0 Å². The molecule has 0 fully saturated rings. The molecule has 0 radical (unpaired) electrons. The summed E-state index contributed by atoms with van der Waals surface area (Å²) in [6, 6.07) is 16.6. The van der Waals surface area contributed by atoms with E-state index < -0.39 is 0 Å². The van der Waals surface area contributed by atoms with E-state index >= 15 is 0 Å². The zero-order chi connectivity index (χ0) is 25.3. The van der Waals surface area contributed by atoms with Crippen molar-refractivity contribution in [2.24, 2.45) is 0 Å². The molecule has 190 valence electrons. The first-order chi connectivity index (χ1) is 17.0. The van der Waals surface area contributed by atoms with Crippen molar-refractivity contribution < 1.29 is 9.59 Å². The molecule has 0 unspecified atom stereocenters. The smallest absolute Gasteiger partial charge is 0.258 e. The number of rotatable bonds is 15. The molecule has 5 nitrogen and oxygen atoms in total. The highest BCUT2D eigenvalue weighted by atomic mass is 32.1. The second-order valence-corrected chi connectivity index (χ2v) is 9.47. The standard InChI is InChI=1S/C29H41N3O2S/c1-3-4-5-6-7-8-9-10-11-12-16-19-27(33)31-29(35)30-25-22-20-24(21-23-25)28(34)32(2)26-17-14-13-15-18-26/h13-15,17-18,20-23H,3-12,16,19H2,1-2H3,(H2,30,31,33,35). The highest BCUT2D eigenvalue weighted by molar-refractivity contribution is 7.80. The van der Waals surface area contributed by atoms with Gasteiger partial charge in [0.05, 0.1) is 0 Å². The molecule has 0 atom stereocenters. The number of anilines is 2. The Labute approximate surface area is 216 Å². The summed E-state index contributed by atoms with van der Waals surface area (Å²) in [5.41, 5.74) is 2.14. The lowest BCUT2D eigenvalue weighted by molar-refractivity contribution is -0.119. The molecule has 2 rings (SSSR count). The van der Waals surface area contributed by atoms with Gasteiger partial charge in [0.1, 0.15) is 0 Å². The first kappa shape index (κ1) is 28.5. The number of carbonyl (C=O) groups is 2. The molecule has 0 aromatic heterocycles. The maximum Gasteiger partial charge on any atom is 0.258 e. The van der Waals surface area contributed by atoms with Crippen LogP contribution in [-0.4, -0.2) is 24.0 Å². The Morgan fingerprint density at radius 3 is 1.89 bits per heavy atom. The molecule has 35 heavy (non-hydrogen) atoms. The molecule has 0 aliphatic carbocycles. The number of thiocarbonyl (C=S) groups is 1. The zero-order valence-corrected chi connectivity index (χ0v) is 22.2. The third-order valence-electron chi connectivity index (χ3n) is 6.10. The van der Waals surface area contributed by atoms with Crippen molar-refractivity contribution in [3.05, 3.63) is 60.2 Å². The lowest BCUT2D eigenvalue weighted by atomic mass is 10.1. The first-order valence-electron chi connectivity index (χ1n) is 13.0. The number of carbonyl (C=O) groups excluding carboxylic acids is 2. The molecule has 0 bridgehead atoms. The average Bonchev–Trinajstić information content (AvgIpc) is 2.87. The van der Waals surface area contributed by atoms with Gasteiger partial charge in [-0.15, -0.1) is 0 Å². The van der Waals surface area contributed by atoms with Crippen LogP contribution in [0.1, 0.15) is 94.3 Å². The van der Waals surface area contributed by atoms with Crippen molar-refractivity contribution >= 4 is 40.5 Å². The molecule has 2 N–H and O–H groups in total. The second-order valence-electron chi connectivity index (χ2n) is 9.06. The number of unbranched alkanes of at least 4 members (excludes halogenated alkanes) is 10. The highest BCUT2D eigenvalue weighted by Gasteiger charge is 2.13. The Morgan fingerprint density at radius 2 is 1.31 bits per heavy atom. The first-order valence-corrected chi connectivity index (χ1v) is 13.5. The highest BCUT2D eigenvalue weighted by Crippen LogP contribution is 2.17. The zero-order valence-electron chi connectivity index (χ0n) is 21.4. The minimum absolute atomic E-state index is 0.0605. The number of para-hydroxylation sites is 1. The number of amides is 2. The molecule has 2 aromatic carbocycles. The lowest BCUT2D eigenvalue weighted by Gasteiger charge is -2.17. The van der Waals surface area contributed by atoms with Crippen molar-refractivity contribution in [1.29, 1.82) is 0 Å². The molecule has 0 heterocycles. The van der Waals surface area contributed by atoms with E-state index in [1.807, 2.05) is 30.3 Å². The van der Waals surface area contributed by atoms with E-state index in [9.17, 15) is 9.59 Å². The quantitative estimate of drug-likeness (QED) is 0.199. The molecule has 0 aliphatic heterocycles. The summed E-state index contributed by atoms with van der Waals surface area (Å²) in [4.78, 5) is 26.5. The third kappa shape index (κ3) is 11.5. The molecule has 0 spiro atoms. The van der Waals surface area contributed by atoms with Crippen molar-refractivity contribution in [2.75, 3.05) is 17.3 Å². The van der Waals surface area contributed by atoms with E-state index in [0.29, 0.717) is 12.0 Å². The predicted octanol–water partition coefficient (Wildman–Crippen LogP) is 7.48. The Kier molecular flexibility index (Phi) is 13.7. The number of hydrogen-bond donors (Lipinski definition) is 2. The van der Waals surface area contributed by atoms with Crippen LogP contribution >= 0.6 is 12.2 Å². The van der Waals surface area contributed by atoms with Crippen LogP contribution in [0.25, 0.3) is 0 Å². The molecule has 0 aliphatic rings. The Bertz CT molecular complexity index is 900. The molecule has 6 heteroatoms. The van der Waals surface area contributed by atoms with Crippen LogP contribution in [0.4, 0.5) is 11.4 Å². The van der Waals surface area contributed by atoms with Crippen LogP contribution in [-0.2, 0) is 4.79 Å². The molecular formula is C29H41N3O2S. The number of hydrogen-bond acceptors (Lipinski definition) is 3. The van der Waals surface area contributed by atoms with Gasteiger partial charge in [-0.05, 0) is 55.0 Å². The number of nitrogens with one attached hydrogen (secondary N) is 2. The minimum Gasteiger partial charge on any atom is -0.332 e. The van der Waals surface area contributed by atoms with Gasteiger partial charge in [-0.3, -0.25) is 9.59 Å². The van der Waals surface area contributed by atoms with E-state index in [1.54, 1.807) is 36.2 Å². The van der Waals surface area contributed by atoms with E-state index in [0.717, 1.165) is 24.2 Å². The SMILES string of the molecule is CCCCCCCCCCCCCC(=O)NC(=S)Nc1ccc(C(=O)N(C)c2ccccc2)cc1. The molecule has 2 aromatic rings. The van der Waals surface area contributed by atoms with Crippen LogP contribution in [0.3, 0.4) is 0 Å². The molecular weight excluding hydrogens is 454 g/mol. The van der Waals surface area contributed by atoms with Crippen molar-refractivity contribution in [3.63, 3.8) is 0 Å². The summed E-state index contributed by atoms with van der Waals surface area (Å²) in [6.45, 7) is 2.25. The predicted molar refractivity (Wildman–Crippen MR) is 151 cm³/mol. The summed E-state index contributed by atoms with van der Waals surface area (Å²) in [5, 5.41) is 6.04. The summed E-state index contributed by atoms with van der Waals surface area (Å²) in [5.74, 6) is -0.152. The van der Waals surface area contributed by atoms with Gasteiger partial charge in [0, 0.05) is 30.4 Å². The van der Waals surface area contributed by atoms with Gasteiger partial charge in [0.25, 0.3) is 5.91 Å². The van der Waals surface area contributed by atoms with Crippen molar-refractivity contribution in [2.45, 2.75) is 84.0 Å². The van der Waals surface area contributed by atoms with Gasteiger partial charge in [-0.1, -0.05) is 89.3 Å². The largest absolute Gasteiger partial charge is 0.332 e. The summed E-state index contributed by atoms with van der Waals surface area (Å²) >= 11 is 5.27. The maximum absolute atomic E-state index is 12.7. The van der Waals surface area contributed by atoms with Crippen LogP contribution in [0.2, 0.25) is 0 Å². The van der Waals surface area contributed by atoms with Crippen LogP contribution in [0, 0.1) is 0 Å². The van der Waals surface area contributed by atoms with Gasteiger partial charge in [-0.25, -0.2) is 0 Å². The lowest BCUT2D eigenvalue weighted by Crippen LogP contribution is -2.33. The molecule has 0 saturated heterocycles. The minimum atomic E-state index is -0.0920. The monoisotopic (exact) mass is 495 g/mol. The fraction of sp³-hybridized carbons (Fsp3) is 0.483. The van der Waals surface area contributed by atoms with Crippen molar-refractivity contribution in [1.82, 2.24) is 5.32 Å². The molecule has 0 saturated carbocycles. The normalized spacial score (nSPS) is 10.6.